The monoisotopic (exact) mass is 294 g/mol. The highest BCUT2D eigenvalue weighted by Crippen LogP contribution is 2.25. The van der Waals surface area contributed by atoms with Crippen LogP contribution in [0.1, 0.15) is 33.3 Å². The molecule has 2 rings (SSSR count). The van der Waals surface area contributed by atoms with Gasteiger partial charge in [-0.15, -0.1) is 0 Å². The molecule has 2 aromatic rings. The van der Waals surface area contributed by atoms with E-state index in [1.807, 2.05) is 12.1 Å². The van der Waals surface area contributed by atoms with Crippen molar-refractivity contribution in [2.45, 2.75) is 52.4 Å². The van der Waals surface area contributed by atoms with Crippen LogP contribution in [0.15, 0.2) is 24.4 Å². The van der Waals surface area contributed by atoms with Gasteiger partial charge in [0, 0.05) is 40.8 Å². The fourth-order valence-corrected chi connectivity index (χ4v) is 2.44. The van der Waals surface area contributed by atoms with E-state index >= 15 is 0 Å². The van der Waals surface area contributed by atoms with Crippen molar-refractivity contribution < 1.29 is 5.11 Å². The van der Waals surface area contributed by atoms with Gasteiger partial charge in [-0.2, -0.15) is 0 Å². The van der Waals surface area contributed by atoms with Crippen LogP contribution in [0, 0.1) is 0 Å². The molecule has 0 fully saturated rings. The number of nitrogens with one attached hydrogen (secondary N) is 1. The lowest BCUT2D eigenvalue weighted by molar-refractivity contribution is 0.175. The van der Waals surface area contributed by atoms with Gasteiger partial charge in [0.15, 0.2) is 0 Å². The van der Waals surface area contributed by atoms with E-state index in [9.17, 15) is 5.11 Å². The molecule has 2 N–H and O–H groups in total. The minimum Gasteiger partial charge on any atom is -0.392 e. The van der Waals surface area contributed by atoms with Gasteiger partial charge in [0.05, 0.1) is 6.10 Å². The number of nitrogens with zero attached hydrogens (tertiary/aromatic N) is 1. The van der Waals surface area contributed by atoms with Crippen LogP contribution < -0.4 is 5.32 Å². The second-order valence-corrected chi connectivity index (χ2v) is 6.86. The third-order valence-electron chi connectivity index (χ3n) is 3.20. The first-order chi connectivity index (χ1) is 9.26. The molecule has 0 aliphatic carbocycles. The maximum absolute atomic E-state index is 9.63. The maximum Gasteiger partial charge on any atom is 0.0691 e. The summed E-state index contributed by atoms with van der Waals surface area (Å²) in [4.78, 5) is 0. The van der Waals surface area contributed by atoms with Crippen molar-refractivity contribution in [2.75, 3.05) is 0 Å². The molecule has 0 aliphatic heterocycles. The van der Waals surface area contributed by atoms with Gasteiger partial charge in [0.1, 0.15) is 0 Å². The smallest absolute Gasteiger partial charge is 0.0691 e. The number of halogens is 1. The number of benzene rings is 1. The lowest BCUT2D eigenvalue weighted by Crippen LogP contribution is -2.35. The molecule has 0 saturated carbocycles. The average molecular weight is 295 g/mol. The molecule has 0 amide bonds. The van der Waals surface area contributed by atoms with Crippen LogP contribution >= 0.6 is 11.6 Å². The van der Waals surface area contributed by atoms with Crippen molar-refractivity contribution >= 4 is 22.5 Å². The highest BCUT2D eigenvalue weighted by molar-refractivity contribution is 6.31. The minimum atomic E-state index is -0.381. The summed E-state index contributed by atoms with van der Waals surface area (Å²) in [6, 6.07) is 5.92. The molecule has 1 unspecified atom stereocenters. The highest BCUT2D eigenvalue weighted by atomic mass is 35.5. The average Bonchev–Trinajstić information content (AvgIpc) is 2.63. The van der Waals surface area contributed by atoms with Crippen LogP contribution in [0.3, 0.4) is 0 Å². The Morgan fingerprint density at radius 3 is 2.65 bits per heavy atom. The standard InChI is InChI=1S/C16H23ClN2O/c1-11(20)9-19-10-12(8-18-16(2,3)4)14-6-5-13(17)7-15(14)19/h5-7,10-11,18,20H,8-9H2,1-4H3. The van der Waals surface area contributed by atoms with Crippen molar-refractivity contribution in [3.05, 3.63) is 35.0 Å². The second-order valence-electron chi connectivity index (χ2n) is 6.42. The summed E-state index contributed by atoms with van der Waals surface area (Å²) in [5.41, 5.74) is 2.38. The summed E-state index contributed by atoms with van der Waals surface area (Å²) >= 11 is 6.09. The lowest BCUT2D eigenvalue weighted by Gasteiger charge is -2.20. The van der Waals surface area contributed by atoms with E-state index in [0.717, 1.165) is 17.1 Å². The largest absolute Gasteiger partial charge is 0.392 e. The molecule has 1 aromatic carbocycles. The zero-order valence-electron chi connectivity index (χ0n) is 12.6. The summed E-state index contributed by atoms with van der Waals surface area (Å²) in [6.45, 7) is 9.63. The molecule has 1 aromatic heterocycles. The van der Waals surface area contributed by atoms with Crippen LogP contribution in [0.25, 0.3) is 10.9 Å². The number of aromatic nitrogens is 1. The van der Waals surface area contributed by atoms with Gasteiger partial charge in [0.25, 0.3) is 0 Å². The number of rotatable bonds is 4. The zero-order valence-corrected chi connectivity index (χ0v) is 13.3. The van der Waals surface area contributed by atoms with E-state index in [-0.39, 0.29) is 11.6 Å². The van der Waals surface area contributed by atoms with E-state index in [1.165, 1.54) is 10.9 Å². The van der Waals surface area contributed by atoms with Gasteiger partial charge in [-0.1, -0.05) is 17.7 Å². The molecular formula is C16H23ClN2O. The Balaban J connectivity index is 2.39. The second kappa shape index (κ2) is 5.76. The van der Waals surface area contributed by atoms with Crippen molar-refractivity contribution in [3.63, 3.8) is 0 Å². The summed E-state index contributed by atoms with van der Waals surface area (Å²) < 4.78 is 2.07. The third kappa shape index (κ3) is 3.75. The molecule has 1 atom stereocenters. The predicted octanol–water partition coefficient (Wildman–Crippen LogP) is 3.56. The Labute approximate surface area is 125 Å². The lowest BCUT2D eigenvalue weighted by atomic mass is 10.1. The molecule has 3 nitrogen and oxygen atoms in total. The van der Waals surface area contributed by atoms with Crippen LogP contribution in [-0.4, -0.2) is 21.3 Å². The van der Waals surface area contributed by atoms with E-state index in [4.69, 9.17) is 11.6 Å². The fourth-order valence-electron chi connectivity index (χ4n) is 2.28. The van der Waals surface area contributed by atoms with Gasteiger partial charge in [-0.05, 0) is 45.4 Å². The predicted molar refractivity (Wildman–Crippen MR) is 85.2 cm³/mol. The van der Waals surface area contributed by atoms with Crippen molar-refractivity contribution in [3.8, 4) is 0 Å². The maximum atomic E-state index is 9.63. The Kier molecular flexibility index (Phi) is 4.43. The third-order valence-corrected chi connectivity index (χ3v) is 3.43. The van der Waals surface area contributed by atoms with Gasteiger partial charge < -0.3 is 15.0 Å². The number of fused-ring (bicyclic) bond motifs is 1. The number of aliphatic hydroxyl groups is 1. The summed E-state index contributed by atoms with van der Waals surface area (Å²) in [7, 11) is 0. The molecule has 0 radical (unpaired) electrons. The fraction of sp³-hybridized carbons (Fsp3) is 0.500. The molecule has 4 heteroatoms. The Morgan fingerprint density at radius 1 is 1.35 bits per heavy atom. The topological polar surface area (TPSA) is 37.2 Å². The molecule has 0 aliphatic rings. The van der Waals surface area contributed by atoms with E-state index in [2.05, 4.69) is 42.9 Å². The van der Waals surface area contributed by atoms with Crippen molar-refractivity contribution in [2.24, 2.45) is 0 Å². The molecule has 0 bridgehead atoms. The van der Waals surface area contributed by atoms with E-state index in [0.29, 0.717) is 6.54 Å². The van der Waals surface area contributed by atoms with Gasteiger partial charge in [-0.25, -0.2) is 0 Å². The SMILES string of the molecule is CC(O)Cn1cc(CNC(C)(C)C)c2ccc(Cl)cc21. The van der Waals surface area contributed by atoms with Crippen LogP contribution in [0.5, 0.6) is 0 Å². The molecule has 1 heterocycles. The van der Waals surface area contributed by atoms with Crippen LogP contribution in [0.4, 0.5) is 0 Å². The summed E-state index contributed by atoms with van der Waals surface area (Å²) in [5.74, 6) is 0. The Hall–Kier alpha value is -1.03. The first-order valence-corrected chi connectivity index (χ1v) is 7.34. The van der Waals surface area contributed by atoms with Crippen molar-refractivity contribution in [1.29, 1.82) is 0 Å². The molecule has 110 valence electrons. The minimum absolute atomic E-state index is 0.0745. The Bertz CT molecular complexity index is 596. The first-order valence-electron chi connectivity index (χ1n) is 6.96. The first kappa shape index (κ1) is 15.4. The van der Waals surface area contributed by atoms with Gasteiger partial charge in [0.2, 0.25) is 0 Å². The van der Waals surface area contributed by atoms with Crippen LogP contribution in [-0.2, 0) is 13.1 Å². The molecule has 20 heavy (non-hydrogen) atoms. The number of hydrogen-bond donors (Lipinski definition) is 2. The number of hydrogen-bond acceptors (Lipinski definition) is 2. The Morgan fingerprint density at radius 2 is 2.05 bits per heavy atom. The molecule has 0 saturated heterocycles. The van der Waals surface area contributed by atoms with E-state index in [1.54, 1.807) is 6.92 Å². The quantitative estimate of drug-likeness (QED) is 0.905. The number of aliphatic hydroxyl groups excluding tert-OH is 1. The molecular weight excluding hydrogens is 272 g/mol. The highest BCUT2D eigenvalue weighted by Gasteiger charge is 2.13. The van der Waals surface area contributed by atoms with E-state index < -0.39 is 0 Å². The van der Waals surface area contributed by atoms with Gasteiger partial charge >= 0.3 is 0 Å². The molecule has 0 spiro atoms. The van der Waals surface area contributed by atoms with Crippen molar-refractivity contribution in [1.82, 2.24) is 9.88 Å². The summed E-state index contributed by atoms with van der Waals surface area (Å²) in [6.07, 6.45) is 1.72. The normalized spacial score (nSPS) is 13.9. The van der Waals surface area contributed by atoms with Gasteiger partial charge in [-0.3, -0.25) is 0 Å². The van der Waals surface area contributed by atoms with Crippen LogP contribution in [0.2, 0.25) is 5.02 Å². The summed E-state index contributed by atoms with van der Waals surface area (Å²) in [5, 5.41) is 15.0. The zero-order chi connectivity index (χ0) is 14.9.